The second-order valence-corrected chi connectivity index (χ2v) is 4.93. The molecule has 0 saturated heterocycles. The normalized spacial score (nSPS) is 12.6. The second-order valence-electron chi connectivity index (χ2n) is 4.52. The Bertz CT molecular complexity index is 695. The summed E-state index contributed by atoms with van der Waals surface area (Å²) in [5, 5.41) is 2.33. The van der Waals surface area contributed by atoms with Crippen LogP contribution in [-0.4, -0.2) is 16.1 Å². The number of ether oxygens (including phenoxy) is 1. The number of hydrogen-bond donors (Lipinski definition) is 1. The van der Waals surface area contributed by atoms with Gasteiger partial charge in [-0.15, -0.1) is 0 Å². The fraction of sp³-hybridized carbons (Fsp3) is 0.214. The third-order valence-corrected chi connectivity index (χ3v) is 3.18. The molecule has 0 saturated carbocycles. The van der Waals surface area contributed by atoms with Crippen LogP contribution in [0, 0.1) is 0 Å². The predicted octanol–water partition coefficient (Wildman–Crippen LogP) is 4.00. The lowest BCUT2D eigenvalue weighted by molar-refractivity contribution is -0.137. The van der Waals surface area contributed by atoms with Crippen LogP contribution in [-0.2, 0) is 6.18 Å². The van der Waals surface area contributed by atoms with Gasteiger partial charge in [0.05, 0.1) is 11.6 Å². The van der Waals surface area contributed by atoms with Gasteiger partial charge < -0.3 is 10.1 Å². The van der Waals surface area contributed by atoms with E-state index in [0.29, 0.717) is 5.56 Å². The molecule has 0 bridgehead atoms. The molecule has 1 N–H and O–H groups in total. The third-order valence-electron chi connectivity index (χ3n) is 2.85. The van der Waals surface area contributed by atoms with E-state index in [9.17, 15) is 18.0 Å². The number of nitrogens with zero attached hydrogens (tertiary/aromatic N) is 2. The van der Waals surface area contributed by atoms with Crippen molar-refractivity contribution in [1.29, 1.82) is 0 Å². The van der Waals surface area contributed by atoms with E-state index in [1.54, 1.807) is 13.0 Å². The Morgan fingerprint density at radius 2 is 1.96 bits per heavy atom. The van der Waals surface area contributed by atoms with Crippen molar-refractivity contribution >= 4 is 17.7 Å². The number of benzene rings is 1. The van der Waals surface area contributed by atoms with E-state index >= 15 is 0 Å². The van der Waals surface area contributed by atoms with Crippen molar-refractivity contribution in [3.8, 4) is 6.01 Å². The van der Waals surface area contributed by atoms with Crippen molar-refractivity contribution in [2.45, 2.75) is 19.1 Å². The van der Waals surface area contributed by atoms with Crippen molar-refractivity contribution in [3.63, 3.8) is 0 Å². The zero-order valence-electron chi connectivity index (χ0n) is 11.8. The van der Waals surface area contributed by atoms with E-state index in [1.807, 2.05) is 0 Å². The van der Waals surface area contributed by atoms with Gasteiger partial charge in [-0.2, -0.15) is 13.2 Å². The van der Waals surface area contributed by atoms with E-state index in [1.165, 1.54) is 18.5 Å². The Hall–Kier alpha value is -2.35. The van der Waals surface area contributed by atoms with Crippen LogP contribution in [0.3, 0.4) is 0 Å². The van der Waals surface area contributed by atoms with Gasteiger partial charge in [-0.25, -0.2) is 14.8 Å². The summed E-state index contributed by atoms with van der Waals surface area (Å²) in [7, 11) is 0. The highest BCUT2D eigenvalue weighted by Gasteiger charge is 2.31. The molecule has 2 rings (SSSR count). The van der Waals surface area contributed by atoms with E-state index in [0.717, 1.165) is 12.1 Å². The number of hydrogen-bond acceptors (Lipinski definition) is 4. The van der Waals surface area contributed by atoms with Gasteiger partial charge in [0.15, 0.2) is 0 Å². The Morgan fingerprint density at radius 1 is 1.30 bits per heavy atom. The molecule has 122 valence electrons. The molecule has 0 radical (unpaired) electrons. The average Bonchev–Trinajstić information content (AvgIpc) is 2.46. The lowest BCUT2D eigenvalue weighted by atomic mass is 10.1. The van der Waals surface area contributed by atoms with Crippen LogP contribution in [0.4, 0.5) is 18.0 Å². The predicted molar refractivity (Wildman–Crippen MR) is 76.1 cm³/mol. The topological polar surface area (TPSA) is 64.1 Å². The SMILES string of the molecule is CC(NC(=O)Oc1ncccn1)c1ccc(C(F)(F)F)cc1Cl. The fourth-order valence-corrected chi connectivity index (χ4v) is 2.10. The molecule has 5 nitrogen and oxygen atoms in total. The Labute approximate surface area is 134 Å². The molecule has 1 atom stereocenters. The number of halogens is 4. The smallest absolute Gasteiger partial charge is 0.374 e. The molecule has 1 heterocycles. The maximum atomic E-state index is 12.6. The lowest BCUT2D eigenvalue weighted by Gasteiger charge is -2.16. The zero-order chi connectivity index (χ0) is 17.0. The molecule has 23 heavy (non-hydrogen) atoms. The van der Waals surface area contributed by atoms with Crippen molar-refractivity contribution in [2.24, 2.45) is 0 Å². The van der Waals surface area contributed by atoms with Crippen molar-refractivity contribution < 1.29 is 22.7 Å². The molecule has 9 heteroatoms. The van der Waals surface area contributed by atoms with E-state index in [4.69, 9.17) is 16.3 Å². The highest BCUT2D eigenvalue weighted by Crippen LogP contribution is 2.33. The molecule has 0 aliphatic carbocycles. The Morgan fingerprint density at radius 3 is 2.52 bits per heavy atom. The van der Waals surface area contributed by atoms with Gasteiger partial charge in [-0.05, 0) is 30.7 Å². The standard InChI is InChI=1S/C14H11ClF3N3O2/c1-8(21-13(22)23-12-19-5-2-6-20-12)10-4-3-9(7-11(10)15)14(16,17)18/h2-8H,1H3,(H,21,22). The molecular formula is C14H11ClF3N3O2. The first-order chi connectivity index (χ1) is 10.8. The van der Waals surface area contributed by atoms with Crippen LogP contribution in [0.1, 0.15) is 24.1 Å². The van der Waals surface area contributed by atoms with E-state index in [2.05, 4.69) is 15.3 Å². The number of alkyl halides is 3. The van der Waals surface area contributed by atoms with Gasteiger partial charge in [0.25, 0.3) is 0 Å². The molecular weight excluding hydrogens is 335 g/mol. The first-order valence-corrected chi connectivity index (χ1v) is 6.77. The van der Waals surface area contributed by atoms with E-state index < -0.39 is 23.9 Å². The molecule has 1 unspecified atom stereocenters. The molecule has 1 aromatic heterocycles. The number of amides is 1. The minimum absolute atomic E-state index is 0.108. The second kappa shape index (κ2) is 6.82. The maximum Gasteiger partial charge on any atom is 0.416 e. The average molecular weight is 346 g/mol. The minimum atomic E-state index is -4.48. The first-order valence-electron chi connectivity index (χ1n) is 6.39. The van der Waals surface area contributed by atoms with Crippen LogP contribution < -0.4 is 10.1 Å². The number of nitrogens with one attached hydrogen (secondary N) is 1. The molecule has 0 aliphatic rings. The summed E-state index contributed by atoms with van der Waals surface area (Å²) >= 11 is 5.86. The van der Waals surface area contributed by atoms with Gasteiger partial charge in [-0.1, -0.05) is 17.7 Å². The summed E-state index contributed by atoms with van der Waals surface area (Å²) in [5.41, 5.74) is -0.538. The zero-order valence-corrected chi connectivity index (χ0v) is 12.5. The van der Waals surface area contributed by atoms with Crippen LogP contribution >= 0.6 is 11.6 Å². The summed E-state index contributed by atoms with van der Waals surface area (Å²) in [6, 6.07) is 3.65. The summed E-state index contributed by atoms with van der Waals surface area (Å²) in [4.78, 5) is 19.1. The van der Waals surface area contributed by atoms with Gasteiger partial charge in [0, 0.05) is 17.4 Å². The highest BCUT2D eigenvalue weighted by atomic mass is 35.5. The summed E-state index contributed by atoms with van der Waals surface area (Å²) in [6.45, 7) is 1.56. The van der Waals surface area contributed by atoms with Gasteiger partial charge in [-0.3, -0.25) is 0 Å². The van der Waals surface area contributed by atoms with Crippen molar-refractivity contribution in [1.82, 2.24) is 15.3 Å². The van der Waals surface area contributed by atoms with Crippen LogP contribution in [0.2, 0.25) is 5.02 Å². The van der Waals surface area contributed by atoms with Crippen molar-refractivity contribution in [3.05, 3.63) is 52.8 Å². The summed E-state index contributed by atoms with van der Waals surface area (Å²) in [5.74, 6) is 0. The third kappa shape index (κ3) is 4.56. The number of aromatic nitrogens is 2. The molecule has 0 fully saturated rings. The summed E-state index contributed by atoms with van der Waals surface area (Å²) in [6.07, 6.45) is -2.54. The maximum absolute atomic E-state index is 12.6. The van der Waals surface area contributed by atoms with Gasteiger partial charge in [0.2, 0.25) is 0 Å². The minimum Gasteiger partial charge on any atom is -0.374 e. The Balaban J connectivity index is 2.06. The molecule has 0 spiro atoms. The van der Waals surface area contributed by atoms with Gasteiger partial charge >= 0.3 is 18.3 Å². The van der Waals surface area contributed by atoms with Crippen LogP contribution in [0.25, 0.3) is 0 Å². The quantitative estimate of drug-likeness (QED) is 0.913. The monoisotopic (exact) mass is 345 g/mol. The summed E-state index contributed by atoms with van der Waals surface area (Å²) < 4.78 is 42.6. The number of carbonyl (C=O) groups is 1. The molecule has 1 amide bonds. The molecule has 0 aliphatic heterocycles. The van der Waals surface area contributed by atoms with Crippen molar-refractivity contribution in [2.75, 3.05) is 0 Å². The largest absolute Gasteiger partial charge is 0.416 e. The van der Waals surface area contributed by atoms with Crippen LogP contribution in [0.15, 0.2) is 36.7 Å². The molecule has 2 aromatic rings. The van der Waals surface area contributed by atoms with Gasteiger partial charge in [0.1, 0.15) is 0 Å². The van der Waals surface area contributed by atoms with E-state index in [-0.39, 0.29) is 11.0 Å². The fourth-order valence-electron chi connectivity index (χ4n) is 1.76. The number of rotatable bonds is 3. The molecule has 1 aromatic carbocycles. The highest BCUT2D eigenvalue weighted by molar-refractivity contribution is 6.31. The van der Waals surface area contributed by atoms with Crippen LogP contribution in [0.5, 0.6) is 6.01 Å². The lowest BCUT2D eigenvalue weighted by Crippen LogP contribution is -2.30. The Kier molecular flexibility index (Phi) is 5.05. The first kappa shape index (κ1) is 17.0. The number of carbonyl (C=O) groups excluding carboxylic acids is 1.